The summed E-state index contributed by atoms with van der Waals surface area (Å²) in [7, 11) is 1.37. The van der Waals surface area contributed by atoms with E-state index in [1.807, 2.05) is 13.8 Å². The smallest absolute Gasteiger partial charge is 0.338 e. The van der Waals surface area contributed by atoms with Crippen molar-refractivity contribution >= 4 is 24.1 Å². The van der Waals surface area contributed by atoms with Crippen molar-refractivity contribution in [1.29, 1.82) is 0 Å². The Bertz CT molecular complexity index is 350. The van der Waals surface area contributed by atoms with Crippen LogP contribution in [0.2, 0.25) is 0 Å². The fourth-order valence-corrected chi connectivity index (χ4v) is 1.17. The van der Waals surface area contributed by atoms with Crippen LogP contribution in [0.1, 0.15) is 21.5 Å². The van der Waals surface area contributed by atoms with Crippen LogP contribution in [0.25, 0.3) is 0 Å². The number of ether oxygens (including phenoxy) is 1. The van der Waals surface area contributed by atoms with E-state index >= 15 is 0 Å². The van der Waals surface area contributed by atoms with Crippen molar-refractivity contribution in [2.24, 2.45) is 0 Å². The second kappa shape index (κ2) is 4.86. The van der Waals surface area contributed by atoms with E-state index in [0.717, 1.165) is 11.1 Å². The fraction of sp³-hybridized carbons (Fsp3) is 0.300. The summed E-state index contributed by atoms with van der Waals surface area (Å²) in [6, 6.07) is 3.53. The normalized spacial score (nSPS) is 9.07. The van der Waals surface area contributed by atoms with Crippen LogP contribution in [-0.2, 0) is 4.74 Å². The largest absolute Gasteiger partial charge is 0.465 e. The van der Waals surface area contributed by atoms with Crippen LogP contribution < -0.4 is 5.73 Å². The first kappa shape index (κ1) is 12.8. The highest BCUT2D eigenvalue weighted by molar-refractivity contribution is 5.91. The Morgan fingerprint density at radius 1 is 1.29 bits per heavy atom. The summed E-state index contributed by atoms with van der Waals surface area (Å²) >= 11 is 0. The molecule has 1 rings (SSSR count). The molecule has 0 radical (unpaired) electrons. The van der Waals surface area contributed by atoms with E-state index < -0.39 is 0 Å². The molecule has 0 heterocycles. The molecule has 1 aromatic rings. The minimum Gasteiger partial charge on any atom is -0.465 e. The molecule has 4 heteroatoms. The van der Waals surface area contributed by atoms with E-state index in [0.29, 0.717) is 11.3 Å². The maximum absolute atomic E-state index is 11.2. The third kappa shape index (κ3) is 2.39. The van der Waals surface area contributed by atoms with Gasteiger partial charge < -0.3 is 10.5 Å². The van der Waals surface area contributed by atoms with Gasteiger partial charge in [0, 0.05) is 5.69 Å². The van der Waals surface area contributed by atoms with Gasteiger partial charge in [0.25, 0.3) is 0 Å². The zero-order valence-electron chi connectivity index (χ0n) is 8.46. The summed E-state index contributed by atoms with van der Waals surface area (Å²) in [5, 5.41) is 0. The maximum Gasteiger partial charge on any atom is 0.338 e. The first-order valence-electron chi connectivity index (χ1n) is 4.01. The van der Waals surface area contributed by atoms with Gasteiger partial charge in [-0.2, -0.15) is 0 Å². The highest BCUT2D eigenvalue weighted by Gasteiger charge is 2.10. The highest BCUT2D eigenvalue weighted by atomic mass is 35.5. The number of esters is 1. The predicted molar refractivity (Wildman–Crippen MR) is 58.9 cm³/mol. The van der Waals surface area contributed by atoms with Crippen molar-refractivity contribution in [3.63, 3.8) is 0 Å². The lowest BCUT2D eigenvalue weighted by Crippen LogP contribution is -2.05. The number of benzene rings is 1. The second-order valence-electron chi connectivity index (χ2n) is 3.02. The number of carbonyl (C=O) groups is 1. The summed E-state index contributed by atoms with van der Waals surface area (Å²) in [5.41, 5.74) is 8.69. The molecule has 78 valence electrons. The molecule has 2 N–H and O–H groups in total. The maximum atomic E-state index is 11.2. The van der Waals surface area contributed by atoms with Gasteiger partial charge in [-0.25, -0.2) is 4.79 Å². The topological polar surface area (TPSA) is 52.3 Å². The number of halogens is 1. The van der Waals surface area contributed by atoms with E-state index in [2.05, 4.69) is 4.74 Å². The molecular weight excluding hydrogens is 202 g/mol. The van der Waals surface area contributed by atoms with Crippen LogP contribution in [0.15, 0.2) is 12.1 Å². The average Bonchev–Trinajstić information content (AvgIpc) is 2.10. The van der Waals surface area contributed by atoms with Gasteiger partial charge in [0.05, 0.1) is 12.7 Å². The molecular formula is C10H14ClNO2. The molecule has 0 amide bonds. The zero-order valence-corrected chi connectivity index (χ0v) is 9.27. The van der Waals surface area contributed by atoms with Gasteiger partial charge >= 0.3 is 5.97 Å². The zero-order chi connectivity index (χ0) is 10.0. The van der Waals surface area contributed by atoms with Crippen LogP contribution in [0.5, 0.6) is 0 Å². The molecule has 0 saturated carbocycles. The lowest BCUT2D eigenvalue weighted by atomic mass is 10.0. The van der Waals surface area contributed by atoms with Crippen molar-refractivity contribution in [2.75, 3.05) is 12.8 Å². The van der Waals surface area contributed by atoms with E-state index in [9.17, 15) is 4.79 Å². The summed E-state index contributed by atoms with van der Waals surface area (Å²) in [6.45, 7) is 3.70. The second-order valence-corrected chi connectivity index (χ2v) is 3.02. The third-order valence-electron chi connectivity index (χ3n) is 2.02. The number of anilines is 1. The van der Waals surface area contributed by atoms with Gasteiger partial charge in [0.1, 0.15) is 0 Å². The Balaban J connectivity index is 0.00000169. The van der Waals surface area contributed by atoms with Gasteiger partial charge in [0.15, 0.2) is 0 Å². The molecule has 0 aromatic heterocycles. The quantitative estimate of drug-likeness (QED) is 0.577. The van der Waals surface area contributed by atoms with Crippen LogP contribution >= 0.6 is 12.4 Å². The lowest BCUT2D eigenvalue weighted by molar-refractivity contribution is 0.0600. The predicted octanol–water partition coefficient (Wildman–Crippen LogP) is 2.09. The molecule has 3 nitrogen and oxygen atoms in total. The number of hydrogen-bond acceptors (Lipinski definition) is 3. The minimum absolute atomic E-state index is 0. The molecule has 0 spiro atoms. The van der Waals surface area contributed by atoms with Crippen LogP contribution in [-0.4, -0.2) is 13.1 Å². The van der Waals surface area contributed by atoms with Crippen molar-refractivity contribution in [3.05, 3.63) is 28.8 Å². The monoisotopic (exact) mass is 215 g/mol. The Labute approximate surface area is 89.7 Å². The molecule has 0 aliphatic heterocycles. The third-order valence-corrected chi connectivity index (χ3v) is 2.02. The molecule has 0 atom stereocenters. The summed E-state index contributed by atoms with van der Waals surface area (Å²) in [6.07, 6.45) is 0. The van der Waals surface area contributed by atoms with E-state index in [1.165, 1.54) is 7.11 Å². The highest BCUT2D eigenvalue weighted by Crippen LogP contribution is 2.18. The summed E-state index contributed by atoms with van der Waals surface area (Å²) in [4.78, 5) is 11.2. The Morgan fingerprint density at radius 3 is 2.36 bits per heavy atom. The number of nitrogens with two attached hydrogens (primary N) is 1. The Morgan fingerprint density at radius 2 is 1.86 bits per heavy atom. The van der Waals surface area contributed by atoms with Crippen molar-refractivity contribution in [2.45, 2.75) is 13.8 Å². The first-order valence-corrected chi connectivity index (χ1v) is 4.01. The van der Waals surface area contributed by atoms with E-state index in [4.69, 9.17) is 5.73 Å². The number of carbonyl (C=O) groups excluding carboxylic acids is 1. The molecule has 0 aliphatic carbocycles. The van der Waals surface area contributed by atoms with Crippen molar-refractivity contribution < 1.29 is 9.53 Å². The SMILES string of the molecule is COC(=O)c1cc(C)c(N)cc1C.Cl. The first-order chi connectivity index (χ1) is 6.06. The molecule has 1 aromatic carbocycles. The van der Waals surface area contributed by atoms with Gasteiger partial charge in [-0.15, -0.1) is 12.4 Å². The Hall–Kier alpha value is -1.22. The molecule has 14 heavy (non-hydrogen) atoms. The molecule has 0 bridgehead atoms. The number of nitrogen functional groups attached to an aromatic ring is 1. The van der Waals surface area contributed by atoms with Gasteiger partial charge in [0.2, 0.25) is 0 Å². The number of rotatable bonds is 1. The van der Waals surface area contributed by atoms with Crippen LogP contribution in [0.4, 0.5) is 5.69 Å². The molecule has 0 aliphatic rings. The van der Waals surface area contributed by atoms with Crippen LogP contribution in [0, 0.1) is 13.8 Å². The molecule has 0 fully saturated rings. The summed E-state index contributed by atoms with van der Waals surface area (Å²) in [5.74, 6) is -0.319. The van der Waals surface area contributed by atoms with Gasteiger partial charge in [-0.05, 0) is 37.1 Å². The number of hydrogen-bond donors (Lipinski definition) is 1. The lowest BCUT2D eigenvalue weighted by Gasteiger charge is -2.07. The van der Waals surface area contributed by atoms with Gasteiger partial charge in [-0.1, -0.05) is 0 Å². The average molecular weight is 216 g/mol. The van der Waals surface area contributed by atoms with Crippen molar-refractivity contribution in [1.82, 2.24) is 0 Å². The molecule has 0 saturated heterocycles. The van der Waals surface area contributed by atoms with E-state index in [-0.39, 0.29) is 18.4 Å². The van der Waals surface area contributed by atoms with Crippen molar-refractivity contribution in [3.8, 4) is 0 Å². The number of methoxy groups -OCH3 is 1. The minimum atomic E-state index is -0.319. The van der Waals surface area contributed by atoms with Gasteiger partial charge in [-0.3, -0.25) is 0 Å². The van der Waals surface area contributed by atoms with E-state index in [1.54, 1.807) is 12.1 Å². The summed E-state index contributed by atoms with van der Waals surface area (Å²) < 4.78 is 4.63. The number of aryl methyl sites for hydroxylation is 2. The van der Waals surface area contributed by atoms with Crippen LogP contribution in [0.3, 0.4) is 0 Å². The Kier molecular flexibility index (Phi) is 4.44. The fourth-order valence-electron chi connectivity index (χ4n) is 1.17. The molecule has 0 unspecified atom stereocenters. The standard InChI is InChI=1S/C10H13NO2.ClH/c1-6-5-9(11)7(2)4-8(6)10(12)13-3;/h4-5H,11H2,1-3H3;1H.